The van der Waals surface area contributed by atoms with Crippen LogP contribution in [0.1, 0.15) is 30.6 Å². The zero-order chi connectivity index (χ0) is 16.1. The molecule has 0 saturated carbocycles. The number of H-pyrrole nitrogens is 2. The Labute approximate surface area is 136 Å². The normalized spacial score (nSPS) is 11.9. The topological polar surface area (TPSA) is 90.6 Å². The Morgan fingerprint density at radius 3 is 2.95 bits per heavy atom. The van der Waals surface area contributed by atoms with E-state index < -0.39 is 0 Å². The number of hydrogen-bond donors (Lipinski definition) is 3. The van der Waals surface area contributed by atoms with Gasteiger partial charge in [-0.1, -0.05) is 23.7 Å². The van der Waals surface area contributed by atoms with Crippen molar-refractivity contribution in [1.29, 1.82) is 0 Å². The summed E-state index contributed by atoms with van der Waals surface area (Å²) in [7, 11) is 0. The van der Waals surface area contributed by atoms with E-state index in [0.717, 1.165) is 5.56 Å². The van der Waals surface area contributed by atoms with Gasteiger partial charge < -0.3 is 5.32 Å². The van der Waals surface area contributed by atoms with E-state index in [9.17, 15) is 9.59 Å². The van der Waals surface area contributed by atoms with Crippen molar-refractivity contribution in [3.05, 3.63) is 55.7 Å². The zero-order valence-electron chi connectivity index (χ0n) is 11.9. The summed E-state index contributed by atoms with van der Waals surface area (Å²) in [5.74, 6) is -0.170. The number of nitrogens with zero attached hydrogens (tertiary/aromatic N) is 1. The van der Waals surface area contributed by atoms with Crippen molar-refractivity contribution in [3.63, 3.8) is 0 Å². The fourth-order valence-corrected chi connectivity index (χ4v) is 2.28. The van der Waals surface area contributed by atoms with Gasteiger partial charge in [0.1, 0.15) is 5.69 Å². The average Bonchev–Trinajstić information content (AvgIpc) is 2.46. The molecule has 1 amide bonds. The summed E-state index contributed by atoms with van der Waals surface area (Å²) in [5, 5.41) is 9.80. The molecule has 22 heavy (non-hydrogen) atoms. The molecule has 0 saturated heterocycles. The first-order chi connectivity index (χ1) is 10.5. The Balaban J connectivity index is 1.93. The number of aromatic amines is 2. The molecule has 0 bridgehead atoms. The van der Waals surface area contributed by atoms with Crippen LogP contribution in [0.25, 0.3) is 0 Å². The van der Waals surface area contributed by atoms with E-state index in [0.29, 0.717) is 5.02 Å². The maximum Gasteiger partial charge on any atom is 0.273 e. The minimum atomic E-state index is -0.376. The minimum absolute atomic E-state index is 0.158. The van der Waals surface area contributed by atoms with Gasteiger partial charge in [0, 0.05) is 17.9 Å². The first-order valence-corrected chi connectivity index (χ1v) is 7.47. The first kappa shape index (κ1) is 16.4. The van der Waals surface area contributed by atoms with Crippen LogP contribution in [0, 0.1) is 4.77 Å². The Bertz CT molecular complexity index is 787. The third-order valence-electron chi connectivity index (χ3n) is 3.10. The molecule has 1 aromatic heterocycles. The summed E-state index contributed by atoms with van der Waals surface area (Å²) in [6.45, 7) is 1.87. The van der Waals surface area contributed by atoms with E-state index in [1.807, 2.05) is 19.1 Å². The van der Waals surface area contributed by atoms with Crippen molar-refractivity contribution in [2.45, 2.75) is 25.8 Å². The van der Waals surface area contributed by atoms with Crippen LogP contribution in [0.4, 0.5) is 0 Å². The molecule has 0 radical (unpaired) electrons. The lowest BCUT2D eigenvalue weighted by Crippen LogP contribution is -2.28. The molecular formula is C14H15ClN4O2S. The maximum atomic E-state index is 11.9. The summed E-state index contributed by atoms with van der Waals surface area (Å²) in [4.78, 5) is 26.0. The molecule has 1 heterocycles. The lowest BCUT2D eigenvalue weighted by atomic mass is 10.1. The third-order valence-corrected chi connectivity index (χ3v) is 3.53. The van der Waals surface area contributed by atoms with Gasteiger partial charge in [-0.05, 0) is 36.8 Å². The van der Waals surface area contributed by atoms with E-state index in [1.54, 1.807) is 12.1 Å². The first-order valence-electron chi connectivity index (χ1n) is 6.68. The Hall–Kier alpha value is -1.99. The maximum absolute atomic E-state index is 11.9. The number of carbonyl (C=O) groups excluding carboxylic acids is 1. The van der Waals surface area contributed by atoms with Crippen LogP contribution >= 0.6 is 23.8 Å². The van der Waals surface area contributed by atoms with Gasteiger partial charge in [-0.3, -0.25) is 19.7 Å². The number of nitrogens with one attached hydrogen (secondary N) is 3. The molecule has 0 spiro atoms. The summed E-state index contributed by atoms with van der Waals surface area (Å²) in [5.41, 5.74) is 0.791. The summed E-state index contributed by atoms with van der Waals surface area (Å²) in [6, 6.07) is 7.13. The summed E-state index contributed by atoms with van der Waals surface area (Å²) < 4.78 is 0.160. The monoisotopic (exact) mass is 338 g/mol. The standard InChI is InChI=1S/C14H15ClN4O2S/c1-8(9-3-2-4-10(15)7-9)16-12(20)6-5-11-13(21)17-14(22)19-18-11/h2-4,7-8H,5-6H2,1H3,(H,16,20)(H2,17,19,21,22). The number of amides is 1. The van der Waals surface area contributed by atoms with Crippen molar-refractivity contribution in [2.24, 2.45) is 0 Å². The summed E-state index contributed by atoms with van der Waals surface area (Å²) >= 11 is 10.7. The number of aromatic nitrogens is 3. The van der Waals surface area contributed by atoms with E-state index in [-0.39, 0.29) is 40.8 Å². The molecule has 2 aromatic rings. The highest BCUT2D eigenvalue weighted by molar-refractivity contribution is 7.71. The van der Waals surface area contributed by atoms with Crippen LogP contribution in [0.5, 0.6) is 0 Å². The van der Waals surface area contributed by atoms with Gasteiger partial charge in [-0.15, -0.1) is 0 Å². The smallest absolute Gasteiger partial charge is 0.273 e. The summed E-state index contributed by atoms with van der Waals surface area (Å²) in [6.07, 6.45) is 0.390. The molecular weight excluding hydrogens is 324 g/mol. The van der Waals surface area contributed by atoms with Gasteiger partial charge in [-0.25, -0.2) is 0 Å². The van der Waals surface area contributed by atoms with Crippen molar-refractivity contribution in [1.82, 2.24) is 20.5 Å². The van der Waals surface area contributed by atoms with E-state index in [4.69, 9.17) is 23.8 Å². The molecule has 0 fully saturated rings. The van der Waals surface area contributed by atoms with Crippen LogP contribution in [-0.4, -0.2) is 21.1 Å². The van der Waals surface area contributed by atoms with Crippen LogP contribution in [-0.2, 0) is 11.2 Å². The SMILES string of the molecule is CC(NC(=O)CCc1n[nH]c(=S)[nH]c1=O)c1cccc(Cl)c1. The molecule has 1 atom stereocenters. The molecule has 8 heteroatoms. The Kier molecular flexibility index (Phi) is 5.46. The van der Waals surface area contributed by atoms with E-state index in [1.165, 1.54) is 0 Å². The van der Waals surface area contributed by atoms with Crippen molar-refractivity contribution in [3.8, 4) is 0 Å². The third kappa shape index (κ3) is 4.51. The van der Waals surface area contributed by atoms with E-state index >= 15 is 0 Å². The van der Waals surface area contributed by atoms with E-state index in [2.05, 4.69) is 20.5 Å². The second kappa shape index (κ2) is 7.33. The highest BCUT2D eigenvalue weighted by Gasteiger charge is 2.11. The molecule has 2 rings (SSSR count). The van der Waals surface area contributed by atoms with Gasteiger partial charge in [0.15, 0.2) is 4.77 Å². The molecule has 0 aliphatic rings. The molecule has 116 valence electrons. The zero-order valence-corrected chi connectivity index (χ0v) is 13.4. The number of halogens is 1. The van der Waals surface area contributed by atoms with Crippen LogP contribution < -0.4 is 10.9 Å². The minimum Gasteiger partial charge on any atom is -0.350 e. The molecule has 1 aromatic carbocycles. The predicted octanol–water partition coefficient (Wildman–Crippen LogP) is 2.29. The van der Waals surface area contributed by atoms with Gasteiger partial charge in [0.25, 0.3) is 5.56 Å². The fourth-order valence-electron chi connectivity index (χ4n) is 1.95. The predicted molar refractivity (Wildman–Crippen MR) is 86.4 cm³/mol. The molecule has 0 aliphatic carbocycles. The van der Waals surface area contributed by atoms with Crippen LogP contribution in [0.3, 0.4) is 0 Å². The Morgan fingerprint density at radius 2 is 2.27 bits per heavy atom. The van der Waals surface area contributed by atoms with Crippen molar-refractivity contribution < 1.29 is 4.79 Å². The number of rotatable bonds is 5. The van der Waals surface area contributed by atoms with Crippen LogP contribution in [0.15, 0.2) is 29.1 Å². The van der Waals surface area contributed by atoms with Gasteiger partial charge in [-0.2, -0.15) is 5.10 Å². The van der Waals surface area contributed by atoms with Crippen molar-refractivity contribution >= 4 is 29.7 Å². The average molecular weight is 339 g/mol. The highest BCUT2D eigenvalue weighted by atomic mass is 35.5. The van der Waals surface area contributed by atoms with Gasteiger partial charge in [0.2, 0.25) is 5.91 Å². The molecule has 6 nitrogen and oxygen atoms in total. The lowest BCUT2D eigenvalue weighted by molar-refractivity contribution is -0.121. The lowest BCUT2D eigenvalue weighted by Gasteiger charge is -2.14. The number of carbonyl (C=O) groups is 1. The van der Waals surface area contributed by atoms with Crippen LogP contribution in [0.2, 0.25) is 5.02 Å². The largest absolute Gasteiger partial charge is 0.350 e. The van der Waals surface area contributed by atoms with Gasteiger partial charge >= 0.3 is 0 Å². The fraction of sp³-hybridized carbons (Fsp3) is 0.286. The highest BCUT2D eigenvalue weighted by Crippen LogP contribution is 2.17. The van der Waals surface area contributed by atoms with Gasteiger partial charge in [0.05, 0.1) is 6.04 Å². The second-order valence-corrected chi connectivity index (χ2v) is 5.64. The number of benzene rings is 1. The number of aryl methyl sites for hydroxylation is 1. The Morgan fingerprint density at radius 1 is 1.50 bits per heavy atom. The molecule has 0 aliphatic heterocycles. The molecule has 1 unspecified atom stereocenters. The molecule has 3 N–H and O–H groups in total. The second-order valence-electron chi connectivity index (χ2n) is 4.80. The number of hydrogen-bond acceptors (Lipinski definition) is 4. The quantitative estimate of drug-likeness (QED) is 0.729. The van der Waals surface area contributed by atoms with Crippen molar-refractivity contribution in [2.75, 3.05) is 0 Å².